The van der Waals surface area contributed by atoms with Crippen LogP contribution in [-0.4, -0.2) is 16.8 Å². The maximum absolute atomic E-state index is 11.6. The van der Waals surface area contributed by atoms with Crippen molar-refractivity contribution in [3.05, 3.63) is 65.4 Å². The molecule has 1 aromatic heterocycles. The summed E-state index contributed by atoms with van der Waals surface area (Å²) in [4.78, 5) is 27.5. The number of hydrogen-bond acceptors (Lipinski definition) is 4. The van der Waals surface area contributed by atoms with Crippen molar-refractivity contribution in [2.24, 2.45) is 5.73 Å². The van der Waals surface area contributed by atoms with Crippen LogP contribution in [0.25, 0.3) is 10.9 Å². The van der Waals surface area contributed by atoms with Crippen LogP contribution in [0, 0.1) is 0 Å². The number of fused-ring (bicyclic) bond motifs is 3. The van der Waals surface area contributed by atoms with Crippen LogP contribution < -0.4 is 16.4 Å². The van der Waals surface area contributed by atoms with Gasteiger partial charge >= 0.3 is 0 Å². The molecular formula is C19H16N4O2. The monoisotopic (exact) mass is 332 g/mol. The molecule has 4 N–H and O–H groups in total. The fraction of sp³-hybridized carbons (Fsp3) is 0.105. The quantitative estimate of drug-likeness (QED) is 0.683. The second-order valence-corrected chi connectivity index (χ2v) is 5.98. The smallest absolute Gasteiger partial charge is 0.248 e. The lowest BCUT2D eigenvalue weighted by Gasteiger charge is -2.09. The molecule has 4 rings (SSSR count). The summed E-state index contributed by atoms with van der Waals surface area (Å²) in [6.07, 6.45) is 0.395. The number of amides is 2. The van der Waals surface area contributed by atoms with Crippen molar-refractivity contribution in [3.63, 3.8) is 0 Å². The Morgan fingerprint density at radius 3 is 2.92 bits per heavy atom. The van der Waals surface area contributed by atoms with Crippen LogP contribution in [0.15, 0.2) is 48.5 Å². The standard InChI is InChI=1S/C19H16N4O2/c20-19(25)11-2-1-3-12(8-11)21-10-13-4-5-14-15-9-18(24)23-17(15)7-6-16(14)22-13/h1-8,21H,9-10H2,(H2,20,25)(H,23,24). The minimum atomic E-state index is -0.454. The highest BCUT2D eigenvalue weighted by Crippen LogP contribution is 2.30. The number of anilines is 2. The van der Waals surface area contributed by atoms with Gasteiger partial charge in [0.1, 0.15) is 0 Å². The Hall–Kier alpha value is -3.41. The summed E-state index contributed by atoms with van der Waals surface area (Å²) in [6, 6.07) is 14.8. The van der Waals surface area contributed by atoms with Crippen molar-refractivity contribution in [3.8, 4) is 0 Å². The molecule has 0 fully saturated rings. The second-order valence-electron chi connectivity index (χ2n) is 5.98. The number of carbonyl (C=O) groups is 2. The Labute approximate surface area is 144 Å². The molecule has 0 aliphatic carbocycles. The molecule has 0 radical (unpaired) electrons. The number of rotatable bonds is 4. The minimum Gasteiger partial charge on any atom is -0.379 e. The van der Waals surface area contributed by atoms with Gasteiger partial charge in [0.2, 0.25) is 11.8 Å². The molecule has 0 unspecified atom stereocenters. The Kier molecular flexibility index (Phi) is 3.57. The predicted molar refractivity (Wildman–Crippen MR) is 96.4 cm³/mol. The topological polar surface area (TPSA) is 97.1 Å². The Bertz CT molecular complexity index is 1010. The highest BCUT2D eigenvalue weighted by Gasteiger charge is 2.20. The summed E-state index contributed by atoms with van der Waals surface area (Å²) in [6.45, 7) is 0.520. The minimum absolute atomic E-state index is 0.0163. The average Bonchev–Trinajstić information content (AvgIpc) is 3.00. The highest BCUT2D eigenvalue weighted by molar-refractivity contribution is 6.05. The molecule has 1 aliphatic rings. The van der Waals surface area contributed by atoms with E-state index in [0.29, 0.717) is 18.5 Å². The van der Waals surface area contributed by atoms with E-state index in [0.717, 1.165) is 33.5 Å². The van der Waals surface area contributed by atoms with E-state index >= 15 is 0 Å². The van der Waals surface area contributed by atoms with Crippen LogP contribution in [-0.2, 0) is 17.8 Å². The van der Waals surface area contributed by atoms with E-state index < -0.39 is 5.91 Å². The molecule has 0 saturated carbocycles. The first-order chi connectivity index (χ1) is 12.1. The summed E-state index contributed by atoms with van der Waals surface area (Å²) < 4.78 is 0. The van der Waals surface area contributed by atoms with Gasteiger partial charge in [-0.1, -0.05) is 12.1 Å². The Balaban J connectivity index is 1.57. The van der Waals surface area contributed by atoms with Gasteiger partial charge in [0, 0.05) is 22.3 Å². The number of hydrogen-bond donors (Lipinski definition) is 3. The maximum atomic E-state index is 11.6. The summed E-state index contributed by atoms with van der Waals surface area (Å²) in [5, 5.41) is 7.09. The zero-order valence-electron chi connectivity index (χ0n) is 13.4. The van der Waals surface area contributed by atoms with E-state index in [1.54, 1.807) is 18.2 Å². The molecule has 6 nitrogen and oxygen atoms in total. The number of nitrogens with zero attached hydrogens (tertiary/aromatic N) is 1. The van der Waals surface area contributed by atoms with Crippen molar-refractivity contribution in [1.29, 1.82) is 0 Å². The van der Waals surface area contributed by atoms with Crippen LogP contribution in [0.1, 0.15) is 21.6 Å². The molecule has 0 saturated heterocycles. The second kappa shape index (κ2) is 5.90. The number of nitrogens with one attached hydrogen (secondary N) is 2. The zero-order chi connectivity index (χ0) is 17.4. The first kappa shape index (κ1) is 15.1. The van der Waals surface area contributed by atoms with Crippen LogP contribution in [0.2, 0.25) is 0 Å². The van der Waals surface area contributed by atoms with E-state index in [2.05, 4.69) is 15.6 Å². The van der Waals surface area contributed by atoms with E-state index in [1.165, 1.54) is 0 Å². The first-order valence-electron chi connectivity index (χ1n) is 7.95. The first-order valence-corrected chi connectivity index (χ1v) is 7.95. The van der Waals surface area contributed by atoms with Crippen molar-refractivity contribution >= 4 is 34.1 Å². The fourth-order valence-electron chi connectivity index (χ4n) is 3.04. The van der Waals surface area contributed by atoms with Crippen LogP contribution >= 0.6 is 0 Å². The molecule has 0 spiro atoms. The average molecular weight is 332 g/mol. The van der Waals surface area contributed by atoms with E-state index in [9.17, 15) is 9.59 Å². The molecule has 2 aromatic carbocycles. The fourth-order valence-corrected chi connectivity index (χ4v) is 3.04. The lowest BCUT2D eigenvalue weighted by Crippen LogP contribution is -2.11. The molecular weight excluding hydrogens is 316 g/mol. The van der Waals surface area contributed by atoms with Gasteiger partial charge in [-0.05, 0) is 42.0 Å². The molecule has 6 heteroatoms. The van der Waals surface area contributed by atoms with Crippen LogP contribution in [0.4, 0.5) is 11.4 Å². The van der Waals surface area contributed by atoms with Crippen LogP contribution in [0.3, 0.4) is 0 Å². The van der Waals surface area contributed by atoms with Gasteiger partial charge in [0.05, 0.1) is 24.2 Å². The third-order valence-electron chi connectivity index (χ3n) is 4.27. The Morgan fingerprint density at radius 1 is 1.20 bits per heavy atom. The van der Waals surface area contributed by atoms with Crippen molar-refractivity contribution in [1.82, 2.24) is 4.98 Å². The van der Waals surface area contributed by atoms with Gasteiger partial charge in [0.15, 0.2) is 0 Å². The molecule has 0 bridgehead atoms. The number of carbonyl (C=O) groups excluding carboxylic acids is 2. The predicted octanol–water partition coefficient (Wildman–Crippen LogP) is 2.44. The molecule has 124 valence electrons. The van der Waals surface area contributed by atoms with Crippen molar-refractivity contribution in [2.75, 3.05) is 10.6 Å². The van der Waals surface area contributed by atoms with Crippen molar-refractivity contribution in [2.45, 2.75) is 13.0 Å². The van der Waals surface area contributed by atoms with E-state index in [4.69, 9.17) is 5.73 Å². The number of primary amides is 1. The Morgan fingerprint density at radius 2 is 2.08 bits per heavy atom. The van der Waals surface area contributed by atoms with Gasteiger partial charge in [-0.3, -0.25) is 14.6 Å². The number of pyridine rings is 1. The molecule has 25 heavy (non-hydrogen) atoms. The van der Waals surface area contributed by atoms with Crippen LogP contribution in [0.5, 0.6) is 0 Å². The third-order valence-corrected chi connectivity index (χ3v) is 4.27. The molecule has 0 atom stereocenters. The van der Waals surface area contributed by atoms with Gasteiger partial charge in [-0.15, -0.1) is 0 Å². The summed E-state index contributed by atoms with van der Waals surface area (Å²) in [5.74, 6) is -0.438. The van der Waals surface area contributed by atoms with E-state index in [1.807, 2.05) is 30.3 Å². The maximum Gasteiger partial charge on any atom is 0.248 e. The lowest BCUT2D eigenvalue weighted by atomic mass is 10.1. The van der Waals surface area contributed by atoms with Crippen molar-refractivity contribution < 1.29 is 9.59 Å². The number of benzene rings is 2. The summed E-state index contributed by atoms with van der Waals surface area (Å²) in [7, 11) is 0. The number of nitrogens with two attached hydrogens (primary N) is 1. The van der Waals surface area contributed by atoms with Gasteiger partial charge in [-0.2, -0.15) is 0 Å². The SMILES string of the molecule is NC(=O)c1cccc(NCc2ccc3c4c(ccc3n2)NC(=O)C4)c1. The van der Waals surface area contributed by atoms with E-state index in [-0.39, 0.29) is 5.91 Å². The zero-order valence-corrected chi connectivity index (χ0v) is 13.4. The van der Waals surface area contributed by atoms with Gasteiger partial charge < -0.3 is 16.4 Å². The number of aromatic nitrogens is 1. The molecule has 2 heterocycles. The highest BCUT2D eigenvalue weighted by atomic mass is 16.2. The molecule has 3 aromatic rings. The largest absolute Gasteiger partial charge is 0.379 e. The summed E-state index contributed by atoms with van der Waals surface area (Å²) >= 11 is 0. The van der Waals surface area contributed by atoms with Gasteiger partial charge in [-0.25, -0.2) is 0 Å². The van der Waals surface area contributed by atoms with Gasteiger partial charge in [0.25, 0.3) is 0 Å². The lowest BCUT2D eigenvalue weighted by molar-refractivity contribution is -0.115. The molecule has 1 aliphatic heterocycles. The normalized spacial score (nSPS) is 12.7. The summed E-state index contributed by atoms with van der Waals surface area (Å²) in [5.41, 5.74) is 10.2. The third kappa shape index (κ3) is 2.89. The molecule has 2 amide bonds.